The molecule has 2 saturated heterocycles. The molecule has 2 fully saturated rings. The van der Waals surface area contributed by atoms with Crippen LogP contribution in [-0.2, 0) is 14.9 Å². The van der Waals surface area contributed by atoms with Crippen molar-refractivity contribution in [2.45, 2.75) is 50.2 Å². The van der Waals surface area contributed by atoms with Crippen LogP contribution in [0.15, 0.2) is 18.2 Å². The average Bonchev–Trinajstić information content (AvgIpc) is 3.24. The van der Waals surface area contributed by atoms with Crippen molar-refractivity contribution in [2.75, 3.05) is 40.0 Å². The summed E-state index contributed by atoms with van der Waals surface area (Å²) in [5.74, 6) is 0.969. The Kier molecular flexibility index (Phi) is 4.54. The van der Waals surface area contributed by atoms with Crippen LogP contribution in [-0.4, -0.2) is 51.0 Å². The molecule has 0 amide bonds. The third-order valence-corrected chi connectivity index (χ3v) is 6.30. The summed E-state index contributed by atoms with van der Waals surface area (Å²) < 4.78 is 17.2. The first-order valence-electron chi connectivity index (χ1n) is 9.37. The van der Waals surface area contributed by atoms with Crippen LogP contribution in [0, 0.1) is 0 Å². The molecule has 0 bridgehead atoms. The Labute approximate surface area is 145 Å². The van der Waals surface area contributed by atoms with Crippen LogP contribution in [0.1, 0.15) is 49.8 Å². The Balaban J connectivity index is 1.57. The predicted molar refractivity (Wildman–Crippen MR) is 93.7 cm³/mol. The van der Waals surface area contributed by atoms with E-state index >= 15 is 0 Å². The number of nitrogens with zero attached hydrogens (tertiary/aromatic N) is 1. The van der Waals surface area contributed by atoms with Gasteiger partial charge in [0, 0.05) is 24.7 Å². The van der Waals surface area contributed by atoms with Crippen LogP contribution < -0.4 is 4.74 Å². The van der Waals surface area contributed by atoms with Crippen LogP contribution in [0.4, 0.5) is 0 Å². The first-order valence-corrected chi connectivity index (χ1v) is 9.37. The maximum atomic E-state index is 6.08. The fraction of sp³-hybridized carbons (Fsp3) is 0.700. The summed E-state index contributed by atoms with van der Waals surface area (Å²) in [6.45, 7) is 7.05. The van der Waals surface area contributed by atoms with Crippen LogP contribution in [0.3, 0.4) is 0 Å². The summed E-state index contributed by atoms with van der Waals surface area (Å²) in [4.78, 5) is 2.64. The SMILES string of the molecule is CCO[C@H]1CC2(CCN([C@@H]3CCOC3)CC2)c2cc(OC)ccc21. The summed E-state index contributed by atoms with van der Waals surface area (Å²) in [6.07, 6.45) is 5.00. The fourth-order valence-corrected chi connectivity index (χ4v) is 4.93. The minimum Gasteiger partial charge on any atom is -0.497 e. The predicted octanol–water partition coefficient (Wildman–Crippen LogP) is 3.30. The highest BCUT2D eigenvalue weighted by Crippen LogP contribution is 2.53. The quantitative estimate of drug-likeness (QED) is 0.847. The highest BCUT2D eigenvalue weighted by Gasteiger charge is 2.46. The molecule has 0 N–H and O–H groups in total. The summed E-state index contributed by atoms with van der Waals surface area (Å²) in [6, 6.07) is 7.20. The first kappa shape index (κ1) is 16.4. The minimum absolute atomic E-state index is 0.247. The maximum absolute atomic E-state index is 6.08. The van der Waals surface area contributed by atoms with Gasteiger partial charge in [-0.15, -0.1) is 0 Å². The van der Waals surface area contributed by atoms with Crippen molar-refractivity contribution < 1.29 is 14.2 Å². The van der Waals surface area contributed by atoms with E-state index in [-0.39, 0.29) is 11.5 Å². The Morgan fingerprint density at radius 2 is 2.12 bits per heavy atom. The molecule has 4 heteroatoms. The van der Waals surface area contributed by atoms with Crippen molar-refractivity contribution in [3.05, 3.63) is 29.3 Å². The van der Waals surface area contributed by atoms with Gasteiger partial charge in [0.2, 0.25) is 0 Å². The molecule has 1 aromatic carbocycles. The lowest BCUT2D eigenvalue weighted by Crippen LogP contribution is -2.46. The first-order chi connectivity index (χ1) is 11.8. The lowest BCUT2D eigenvalue weighted by molar-refractivity contribution is 0.0345. The number of methoxy groups -OCH3 is 1. The Hall–Kier alpha value is -1.10. The molecule has 2 heterocycles. The molecule has 0 radical (unpaired) electrons. The van der Waals surface area contributed by atoms with E-state index in [9.17, 15) is 0 Å². The monoisotopic (exact) mass is 331 g/mol. The largest absolute Gasteiger partial charge is 0.497 e. The molecule has 2 aliphatic heterocycles. The molecule has 1 aromatic rings. The van der Waals surface area contributed by atoms with Gasteiger partial charge in [-0.25, -0.2) is 0 Å². The van der Waals surface area contributed by atoms with Crippen LogP contribution in [0.2, 0.25) is 0 Å². The van der Waals surface area contributed by atoms with Crippen molar-refractivity contribution in [3.8, 4) is 5.75 Å². The van der Waals surface area contributed by atoms with E-state index in [0.717, 1.165) is 32.0 Å². The van der Waals surface area contributed by atoms with E-state index in [2.05, 4.69) is 30.0 Å². The highest BCUT2D eigenvalue weighted by molar-refractivity contribution is 5.46. The number of hydrogen-bond donors (Lipinski definition) is 0. The highest BCUT2D eigenvalue weighted by atomic mass is 16.5. The molecule has 1 aliphatic carbocycles. The van der Waals surface area contributed by atoms with Crippen molar-refractivity contribution in [1.29, 1.82) is 0 Å². The van der Waals surface area contributed by atoms with E-state index in [1.807, 2.05) is 0 Å². The fourth-order valence-electron chi connectivity index (χ4n) is 4.93. The molecule has 2 atom stereocenters. The van der Waals surface area contributed by atoms with Gasteiger partial charge in [-0.1, -0.05) is 6.07 Å². The number of rotatable bonds is 4. The molecule has 24 heavy (non-hydrogen) atoms. The number of fused-ring (bicyclic) bond motifs is 2. The third-order valence-electron chi connectivity index (χ3n) is 6.30. The summed E-state index contributed by atoms with van der Waals surface area (Å²) in [5.41, 5.74) is 3.12. The standard InChI is InChI=1S/C20H29NO3/c1-3-24-19-13-20(18-12-16(22-2)4-5-17(18)19)7-9-21(10-8-20)15-6-11-23-14-15/h4-5,12,15,19H,3,6-11,13-14H2,1-2H3/t15-,19+/m1/s1. The lowest BCUT2D eigenvalue weighted by atomic mass is 9.73. The second kappa shape index (κ2) is 6.66. The number of ether oxygens (including phenoxy) is 3. The average molecular weight is 331 g/mol. The van der Waals surface area contributed by atoms with Gasteiger partial charge in [-0.2, -0.15) is 0 Å². The molecule has 0 saturated carbocycles. The van der Waals surface area contributed by atoms with Crippen molar-refractivity contribution >= 4 is 0 Å². The maximum Gasteiger partial charge on any atom is 0.119 e. The Morgan fingerprint density at radius 3 is 2.79 bits per heavy atom. The number of piperidine rings is 1. The molecule has 3 aliphatic rings. The molecular formula is C20H29NO3. The zero-order valence-corrected chi connectivity index (χ0v) is 14.9. The zero-order valence-electron chi connectivity index (χ0n) is 14.9. The summed E-state index contributed by atoms with van der Waals surface area (Å²) in [5, 5.41) is 0. The van der Waals surface area contributed by atoms with Gasteiger partial charge in [-0.3, -0.25) is 4.90 Å². The van der Waals surface area contributed by atoms with Crippen molar-refractivity contribution in [3.63, 3.8) is 0 Å². The van der Waals surface area contributed by atoms with E-state index in [1.54, 1.807) is 7.11 Å². The summed E-state index contributed by atoms with van der Waals surface area (Å²) in [7, 11) is 1.76. The second-order valence-corrected chi connectivity index (χ2v) is 7.44. The normalized spacial score (nSPS) is 29.1. The van der Waals surface area contributed by atoms with Gasteiger partial charge in [0.15, 0.2) is 0 Å². The van der Waals surface area contributed by atoms with Crippen molar-refractivity contribution in [2.24, 2.45) is 0 Å². The molecular weight excluding hydrogens is 302 g/mol. The molecule has 0 aromatic heterocycles. The van der Waals surface area contributed by atoms with E-state index in [1.165, 1.54) is 43.5 Å². The second-order valence-electron chi connectivity index (χ2n) is 7.44. The topological polar surface area (TPSA) is 30.9 Å². The van der Waals surface area contributed by atoms with E-state index < -0.39 is 0 Å². The smallest absolute Gasteiger partial charge is 0.119 e. The molecule has 0 unspecified atom stereocenters. The molecule has 4 rings (SSSR count). The molecule has 1 spiro atoms. The summed E-state index contributed by atoms with van der Waals surface area (Å²) >= 11 is 0. The van der Waals surface area contributed by atoms with Gasteiger partial charge in [0.1, 0.15) is 5.75 Å². The van der Waals surface area contributed by atoms with Gasteiger partial charge >= 0.3 is 0 Å². The number of benzene rings is 1. The van der Waals surface area contributed by atoms with Gasteiger partial charge in [-0.05, 0) is 69.0 Å². The van der Waals surface area contributed by atoms with E-state index in [0.29, 0.717) is 6.04 Å². The Bertz CT molecular complexity index is 574. The number of hydrogen-bond acceptors (Lipinski definition) is 4. The van der Waals surface area contributed by atoms with Gasteiger partial charge < -0.3 is 14.2 Å². The van der Waals surface area contributed by atoms with Crippen molar-refractivity contribution in [1.82, 2.24) is 4.90 Å². The third kappa shape index (κ3) is 2.75. The Morgan fingerprint density at radius 1 is 1.29 bits per heavy atom. The molecule has 4 nitrogen and oxygen atoms in total. The van der Waals surface area contributed by atoms with Gasteiger partial charge in [0.05, 0.1) is 19.8 Å². The van der Waals surface area contributed by atoms with Crippen LogP contribution in [0.25, 0.3) is 0 Å². The van der Waals surface area contributed by atoms with Crippen LogP contribution >= 0.6 is 0 Å². The van der Waals surface area contributed by atoms with Crippen LogP contribution in [0.5, 0.6) is 5.75 Å². The van der Waals surface area contributed by atoms with E-state index in [4.69, 9.17) is 14.2 Å². The van der Waals surface area contributed by atoms with Gasteiger partial charge in [0.25, 0.3) is 0 Å². The minimum atomic E-state index is 0.247. The zero-order chi connectivity index (χ0) is 16.6. The molecule has 132 valence electrons. The lowest BCUT2D eigenvalue weighted by Gasteiger charge is -2.42. The number of likely N-dealkylation sites (tertiary alicyclic amines) is 1.